The van der Waals surface area contributed by atoms with E-state index in [9.17, 15) is 5.11 Å². The molecule has 1 aliphatic carbocycles. The van der Waals surface area contributed by atoms with Crippen LogP contribution in [0.4, 0.5) is 0 Å². The van der Waals surface area contributed by atoms with E-state index in [1.807, 2.05) is 0 Å². The van der Waals surface area contributed by atoms with Gasteiger partial charge in [-0.15, -0.1) is 0 Å². The topological polar surface area (TPSA) is 32.3 Å². The standard InChI is InChI=1S/C13H27NO/c1-4-11(2)12(3)14-9-13(10-15)7-5-6-8-13/h11-12,14-15H,4-10H2,1-3H3. The van der Waals surface area contributed by atoms with Crippen LogP contribution in [-0.4, -0.2) is 24.3 Å². The first-order valence-corrected chi connectivity index (χ1v) is 6.48. The quantitative estimate of drug-likeness (QED) is 0.711. The minimum Gasteiger partial charge on any atom is -0.396 e. The highest BCUT2D eigenvalue weighted by atomic mass is 16.3. The molecule has 0 aromatic heterocycles. The monoisotopic (exact) mass is 213 g/mol. The van der Waals surface area contributed by atoms with E-state index in [2.05, 4.69) is 26.1 Å². The summed E-state index contributed by atoms with van der Waals surface area (Å²) in [5, 5.41) is 13.1. The Hall–Kier alpha value is -0.0800. The Bertz CT molecular complexity index is 175. The van der Waals surface area contributed by atoms with Crippen LogP contribution in [0.15, 0.2) is 0 Å². The highest BCUT2D eigenvalue weighted by Crippen LogP contribution is 2.37. The van der Waals surface area contributed by atoms with Crippen molar-refractivity contribution >= 4 is 0 Å². The smallest absolute Gasteiger partial charge is 0.0499 e. The number of rotatable bonds is 6. The summed E-state index contributed by atoms with van der Waals surface area (Å²) in [6.07, 6.45) is 6.20. The summed E-state index contributed by atoms with van der Waals surface area (Å²) in [6, 6.07) is 0.569. The molecule has 0 amide bonds. The zero-order valence-corrected chi connectivity index (χ0v) is 10.6. The summed E-state index contributed by atoms with van der Waals surface area (Å²) in [6.45, 7) is 8.13. The summed E-state index contributed by atoms with van der Waals surface area (Å²) in [7, 11) is 0. The van der Waals surface area contributed by atoms with E-state index < -0.39 is 0 Å². The molecule has 1 rings (SSSR count). The minimum atomic E-state index is 0.196. The first-order valence-electron chi connectivity index (χ1n) is 6.48. The Balaban J connectivity index is 2.34. The minimum absolute atomic E-state index is 0.196. The van der Waals surface area contributed by atoms with Crippen LogP contribution < -0.4 is 5.32 Å². The van der Waals surface area contributed by atoms with E-state index in [0.29, 0.717) is 12.6 Å². The number of hydrogen-bond donors (Lipinski definition) is 2. The molecule has 1 saturated carbocycles. The molecule has 1 aliphatic rings. The Morgan fingerprint density at radius 3 is 2.33 bits per heavy atom. The van der Waals surface area contributed by atoms with Crippen LogP contribution in [0.2, 0.25) is 0 Å². The summed E-state index contributed by atoms with van der Waals surface area (Å²) in [5.41, 5.74) is 0.196. The van der Waals surface area contributed by atoms with E-state index in [0.717, 1.165) is 12.5 Å². The van der Waals surface area contributed by atoms with Gasteiger partial charge >= 0.3 is 0 Å². The number of nitrogens with one attached hydrogen (secondary N) is 1. The molecule has 2 nitrogen and oxygen atoms in total. The summed E-state index contributed by atoms with van der Waals surface area (Å²) >= 11 is 0. The largest absolute Gasteiger partial charge is 0.396 e. The Labute approximate surface area is 94.5 Å². The molecule has 0 aliphatic heterocycles. The highest BCUT2D eigenvalue weighted by Gasteiger charge is 2.33. The number of aliphatic hydroxyl groups is 1. The molecule has 0 aromatic rings. The van der Waals surface area contributed by atoms with Crippen LogP contribution in [0, 0.1) is 11.3 Å². The van der Waals surface area contributed by atoms with Crippen LogP contribution >= 0.6 is 0 Å². The van der Waals surface area contributed by atoms with Gasteiger partial charge in [0.25, 0.3) is 0 Å². The first-order chi connectivity index (χ1) is 7.13. The Morgan fingerprint density at radius 1 is 1.27 bits per heavy atom. The zero-order chi connectivity index (χ0) is 11.3. The predicted octanol–water partition coefficient (Wildman–Crippen LogP) is 2.56. The van der Waals surface area contributed by atoms with Gasteiger partial charge in [0.15, 0.2) is 0 Å². The lowest BCUT2D eigenvalue weighted by Crippen LogP contribution is -2.41. The lowest BCUT2D eigenvalue weighted by Gasteiger charge is -2.30. The van der Waals surface area contributed by atoms with Gasteiger partial charge < -0.3 is 10.4 Å². The van der Waals surface area contributed by atoms with Crippen LogP contribution in [0.25, 0.3) is 0 Å². The fourth-order valence-corrected chi connectivity index (χ4v) is 2.45. The molecule has 0 bridgehead atoms. The van der Waals surface area contributed by atoms with E-state index in [4.69, 9.17) is 0 Å². The van der Waals surface area contributed by atoms with Crippen LogP contribution in [0.5, 0.6) is 0 Å². The lowest BCUT2D eigenvalue weighted by atomic mass is 9.86. The van der Waals surface area contributed by atoms with Gasteiger partial charge in [-0.3, -0.25) is 0 Å². The molecule has 1 fully saturated rings. The molecular formula is C13H27NO. The molecular weight excluding hydrogens is 186 g/mol. The molecule has 0 aromatic carbocycles. The fraction of sp³-hybridized carbons (Fsp3) is 1.00. The second-order valence-electron chi connectivity index (χ2n) is 5.42. The van der Waals surface area contributed by atoms with Gasteiger partial charge in [-0.25, -0.2) is 0 Å². The Kier molecular flexibility index (Phi) is 5.07. The van der Waals surface area contributed by atoms with Crippen LogP contribution in [0.1, 0.15) is 52.9 Å². The third kappa shape index (κ3) is 3.46. The van der Waals surface area contributed by atoms with E-state index >= 15 is 0 Å². The van der Waals surface area contributed by atoms with Crippen LogP contribution in [0.3, 0.4) is 0 Å². The third-order valence-electron chi connectivity index (χ3n) is 4.30. The van der Waals surface area contributed by atoms with Crippen molar-refractivity contribution in [1.82, 2.24) is 5.32 Å². The predicted molar refractivity (Wildman–Crippen MR) is 64.9 cm³/mol. The first kappa shape index (κ1) is 13.0. The highest BCUT2D eigenvalue weighted by molar-refractivity contribution is 4.87. The van der Waals surface area contributed by atoms with Crippen molar-refractivity contribution in [2.45, 2.75) is 58.9 Å². The lowest BCUT2D eigenvalue weighted by molar-refractivity contribution is 0.122. The van der Waals surface area contributed by atoms with Crippen molar-refractivity contribution in [1.29, 1.82) is 0 Å². The maximum absolute atomic E-state index is 9.49. The van der Waals surface area contributed by atoms with Crippen molar-refractivity contribution in [3.8, 4) is 0 Å². The Morgan fingerprint density at radius 2 is 1.87 bits per heavy atom. The number of hydrogen-bond acceptors (Lipinski definition) is 2. The van der Waals surface area contributed by atoms with E-state index in [-0.39, 0.29) is 5.41 Å². The molecule has 0 saturated heterocycles. The van der Waals surface area contributed by atoms with Gasteiger partial charge in [-0.05, 0) is 25.7 Å². The van der Waals surface area contributed by atoms with Gasteiger partial charge in [0.05, 0.1) is 0 Å². The summed E-state index contributed by atoms with van der Waals surface area (Å²) in [5.74, 6) is 0.724. The van der Waals surface area contributed by atoms with Gasteiger partial charge in [-0.1, -0.05) is 33.1 Å². The van der Waals surface area contributed by atoms with Crippen molar-refractivity contribution in [2.75, 3.05) is 13.2 Å². The molecule has 2 N–H and O–H groups in total. The van der Waals surface area contributed by atoms with Crippen molar-refractivity contribution < 1.29 is 5.11 Å². The van der Waals surface area contributed by atoms with E-state index in [1.165, 1.54) is 32.1 Å². The molecule has 0 heterocycles. The van der Waals surface area contributed by atoms with Crippen LogP contribution in [-0.2, 0) is 0 Å². The molecule has 2 heteroatoms. The van der Waals surface area contributed by atoms with Gasteiger partial charge in [-0.2, -0.15) is 0 Å². The second-order valence-corrected chi connectivity index (χ2v) is 5.42. The molecule has 2 unspecified atom stereocenters. The van der Waals surface area contributed by atoms with E-state index in [1.54, 1.807) is 0 Å². The van der Waals surface area contributed by atoms with Crippen molar-refractivity contribution in [3.63, 3.8) is 0 Å². The summed E-state index contributed by atoms with van der Waals surface area (Å²) < 4.78 is 0. The zero-order valence-electron chi connectivity index (χ0n) is 10.6. The maximum Gasteiger partial charge on any atom is 0.0499 e. The number of aliphatic hydroxyl groups excluding tert-OH is 1. The molecule has 2 atom stereocenters. The molecule has 0 spiro atoms. The van der Waals surface area contributed by atoms with Crippen molar-refractivity contribution in [2.24, 2.45) is 11.3 Å². The van der Waals surface area contributed by atoms with Gasteiger partial charge in [0.2, 0.25) is 0 Å². The molecule has 15 heavy (non-hydrogen) atoms. The maximum atomic E-state index is 9.49. The van der Waals surface area contributed by atoms with Crippen molar-refractivity contribution in [3.05, 3.63) is 0 Å². The van der Waals surface area contributed by atoms with Gasteiger partial charge in [0, 0.05) is 24.6 Å². The normalized spacial score (nSPS) is 24.0. The fourth-order valence-electron chi connectivity index (χ4n) is 2.45. The second kappa shape index (κ2) is 5.86. The average Bonchev–Trinajstić information content (AvgIpc) is 2.74. The SMILES string of the molecule is CCC(C)C(C)NCC1(CO)CCCC1. The molecule has 90 valence electrons. The molecule has 0 radical (unpaired) electrons. The average molecular weight is 213 g/mol. The van der Waals surface area contributed by atoms with Gasteiger partial charge in [0.1, 0.15) is 0 Å². The third-order valence-corrected chi connectivity index (χ3v) is 4.30. The summed E-state index contributed by atoms with van der Waals surface area (Å²) in [4.78, 5) is 0.